The summed E-state index contributed by atoms with van der Waals surface area (Å²) >= 11 is 0. The van der Waals surface area contributed by atoms with Gasteiger partial charge < -0.3 is 4.90 Å². The van der Waals surface area contributed by atoms with E-state index in [1.54, 1.807) is 0 Å². The van der Waals surface area contributed by atoms with Crippen molar-refractivity contribution in [3.63, 3.8) is 0 Å². The van der Waals surface area contributed by atoms with Crippen molar-refractivity contribution in [3.05, 3.63) is 259 Å². The van der Waals surface area contributed by atoms with Crippen LogP contribution in [0.15, 0.2) is 237 Å². The van der Waals surface area contributed by atoms with Gasteiger partial charge in [-0.3, -0.25) is 0 Å². The Balaban J connectivity index is 1.15. The number of rotatable bonds is 6. The maximum absolute atomic E-state index is 2.54. The molecule has 280 valence electrons. The molecule has 0 aromatic heterocycles. The van der Waals surface area contributed by atoms with E-state index >= 15 is 0 Å². The molecule has 0 heterocycles. The molecule has 11 aromatic carbocycles. The van der Waals surface area contributed by atoms with Gasteiger partial charge in [-0.25, -0.2) is 0 Å². The quantitative estimate of drug-likeness (QED) is 0.153. The third-order valence-corrected chi connectivity index (χ3v) is 12.9. The second-order valence-electron chi connectivity index (χ2n) is 16.0. The van der Waals surface area contributed by atoms with Crippen molar-refractivity contribution in [1.82, 2.24) is 0 Å². The van der Waals surface area contributed by atoms with Crippen molar-refractivity contribution in [1.29, 1.82) is 0 Å². The summed E-state index contributed by atoms with van der Waals surface area (Å²) in [5.74, 6) is 0. The summed E-state index contributed by atoms with van der Waals surface area (Å²) in [6, 6.07) is 87.5. The smallest absolute Gasteiger partial charge is 0.0714 e. The van der Waals surface area contributed by atoms with Crippen LogP contribution in [0.3, 0.4) is 0 Å². The SMILES string of the molecule is c1ccc(C2(c3ccccc3)c3ccccc3-c3c(N(c4cccc(-c5ccc6c(ccc7ccccc76)c5)c4)c4cc5ccccc5c5ccccc45)cccc32)cc1. The molecule has 12 rings (SSSR count). The van der Waals surface area contributed by atoms with Crippen molar-refractivity contribution in [3.8, 4) is 22.3 Å². The van der Waals surface area contributed by atoms with Gasteiger partial charge >= 0.3 is 0 Å². The lowest BCUT2D eigenvalue weighted by atomic mass is 9.68. The van der Waals surface area contributed by atoms with Crippen LogP contribution in [0.25, 0.3) is 65.3 Å². The first kappa shape index (κ1) is 34.3. The Morgan fingerprint density at radius 3 is 1.63 bits per heavy atom. The van der Waals surface area contributed by atoms with E-state index < -0.39 is 5.41 Å². The van der Waals surface area contributed by atoms with Crippen LogP contribution in [0.4, 0.5) is 17.1 Å². The van der Waals surface area contributed by atoms with Crippen LogP contribution in [0, 0.1) is 0 Å². The average Bonchev–Trinajstić information content (AvgIpc) is 3.64. The summed E-state index contributed by atoms with van der Waals surface area (Å²) in [5, 5.41) is 9.98. The molecule has 0 N–H and O–H groups in total. The second-order valence-corrected chi connectivity index (χ2v) is 16.0. The summed E-state index contributed by atoms with van der Waals surface area (Å²) in [4.78, 5) is 2.54. The molecule has 1 heteroatoms. The Bertz CT molecular complexity index is 3400. The van der Waals surface area contributed by atoms with Gasteiger partial charge in [0.25, 0.3) is 0 Å². The molecule has 0 fully saturated rings. The van der Waals surface area contributed by atoms with Crippen LogP contribution in [0.5, 0.6) is 0 Å². The lowest BCUT2D eigenvalue weighted by molar-refractivity contribution is 0.768. The molecule has 0 aliphatic heterocycles. The van der Waals surface area contributed by atoms with Gasteiger partial charge in [-0.1, -0.05) is 206 Å². The number of nitrogens with zero attached hydrogens (tertiary/aromatic N) is 1. The largest absolute Gasteiger partial charge is 0.309 e. The Morgan fingerprint density at radius 1 is 0.300 bits per heavy atom. The zero-order valence-corrected chi connectivity index (χ0v) is 33.0. The van der Waals surface area contributed by atoms with E-state index in [9.17, 15) is 0 Å². The number of hydrogen-bond donors (Lipinski definition) is 0. The van der Waals surface area contributed by atoms with Crippen molar-refractivity contribution >= 4 is 60.2 Å². The normalized spacial score (nSPS) is 12.8. The topological polar surface area (TPSA) is 3.24 Å². The average molecular weight is 762 g/mol. The lowest BCUT2D eigenvalue weighted by Crippen LogP contribution is -2.28. The van der Waals surface area contributed by atoms with Gasteiger partial charge in [0, 0.05) is 16.6 Å². The molecular formula is C59H39N. The van der Waals surface area contributed by atoms with Crippen molar-refractivity contribution in [2.24, 2.45) is 0 Å². The molecular weight excluding hydrogens is 723 g/mol. The van der Waals surface area contributed by atoms with Crippen molar-refractivity contribution < 1.29 is 0 Å². The summed E-state index contributed by atoms with van der Waals surface area (Å²) in [7, 11) is 0. The van der Waals surface area contributed by atoms with E-state index in [0.29, 0.717) is 0 Å². The van der Waals surface area contributed by atoms with E-state index in [1.165, 1.54) is 87.6 Å². The molecule has 11 aromatic rings. The Kier molecular flexibility index (Phi) is 7.83. The minimum absolute atomic E-state index is 0.515. The lowest BCUT2D eigenvalue weighted by Gasteiger charge is -2.34. The summed E-state index contributed by atoms with van der Waals surface area (Å²) < 4.78 is 0. The molecule has 0 amide bonds. The molecule has 0 spiro atoms. The van der Waals surface area contributed by atoms with Gasteiger partial charge in [0.1, 0.15) is 0 Å². The second kappa shape index (κ2) is 13.7. The van der Waals surface area contributed by atoms with Gasteiger partial charge in [0.2, 0.25) is 0 Å². The predicted octanol–water partition coefficient (Wildman–Crippen LogP) is 15.8. The highest BCUT2D eigenvalue weighted by atomic mass is 15.1. The summed E-state index contributed by atoms with van der Waals surface area (Å²) in [5.41, 5.74) is 12.9. The van der Waals surface area contributed by atoms with Crippen LogP contribution < -0.4 is 4.90 Å². The number of hydrogen-bond acceptors (Lipinski definition) is 1. The Labute approximate surface area is 350 Å². The molecule has 1 nitrogen and oxygen atoms in total. The first-order valence-electron chi connectivity index (χ1n) is 20.8. The highest BCUT2D eigenvalue weighted by molar-refractivity contribution is 6.15. The van der Waals surface area contributed by atoms with E-state index in [0.717, 1.165) is 17.1 Å². The maximum atomic E-state index is 2.54. The van der Waals surface area contributed by atoms with Crippen molar-refractivity contribution in [2.75, 3.05) is 4.90 Å². The molecule has 0 atom stereocenters. The zero-order chi connectivity index (χ0) is 39.6. The monoisotopic (exact) mass is 761 g/mol. The van der Waals surface area contributed by atoms with E-state index in [4.69, 9.17) is 0 Å². The summed E-state index contributed by atoms with van der Waals surface area (Å²) in [6.45, 7) is 0. The molecule has 1 aliphatic carbocycles. The molecule has 0 bridgehead atoms. The molecule has 1 aliphatic rings. The maximum Gasteiger partial charge on any atom is 0.0714 e. The molecule has 0 unspecified atom stereocenters. The van der Waals surface area contributed by atoms with Crippen LogP contribution in [-0.2, 0) is 5.41 Å². The van der Waals surface area contributed by atoms with Gasteiger partial charge in [-0.2, -0.15) is 0 Å². The fourth-order valence-corrected chi connectivity index (χ4v) is 10.3. The van der Waals surface area contributed by atoms with E-state index in [2.05, 4.69) is 241 Å². The van der Waals surface area contributed by atoms with Gasteiger partial charge in [-0.05, 0) is 107 Å². The third kappa shape index (κ3) is 5.13. The standard InChI is InChI=1S/C59H39N/c1-3-20-45(21-4-1)59(46-22-5-2-6-23-46)54-30-14-13-29-53(54)58-55(59)31-16-32-56(58)60(57-39-43-18-8-10-26-49(43)51-27-11-12-28-52(51)57)47-24-15-19-41(38-47)42-35-36-50-44(37-42)34-33-40-17-7-9-25-48(40)50/h1-39H. The van der Waals surface area contributed by atoms with Crippen LogP contribution in [0.2, 0.25) is 0 Å². The van der Waals surface area contributed by atoms with Crippen molar-refractivity contribution in [2.45, 2.75) is 5.41 Å². The first-order chi connectivity index (χ1) is 29.8. The zero-order valence-electron chi connectivity index (χ0n) is 33.0. The van der Waals surface area contributed by atoms with Crippen LogP contribution in [-0.4, -0.2) is 0 Å². The Morgan fingerprint density at radius 2 is 0.850 bits per heavy atom. The minimum Gasteiger partial charge on any atom is -0.309 e. The van der Waals surface area contributed by atoms with Gasteiger partial charge in [-0.15, -0.1) is 0 Å². The van der Waals surface area contributed by atoms with Crippen LogP contribution in [0.1, 0.15) is 22.3 Å². The van der Waals surface area contributed by atoms with E-state index in [-0.39, 0.29) is 0 Å². The Hall–Kier alpha value is -7.74. The molecule has 0 radical (unpaired) electrons. The number of anilines is 3. The fourth-order valence-electron chi connectivity index (χ4n) is 10.3. The first-order valence-corrected chi connectivity index (χ1v) is 20.8. The number of benzene rings is 11. The summed E-state index contributed by atoms with van der Waals surface area (Å²) in [6.07, 6.45) is 0. The predicted molar refractivity (Wildman–Crippen MR) is 254 cm³/mol. The highest BCUT2D eigenvalue weighted by Crippen LogP contribution is 2.60. The molecule has 60 heavy (non-hydrogen) atoms. The molecule has 0 saturated carbocycles. The molecule has 0 saturated heterocycles. The minimum atomic E-state index is -0.515. The number of fused-ring (bicyclic) bond motifs is 9. The van der Waals surface area contributed by atoms with Crippen LogP contribution >= 0.6 is 0 Å². The van der Waals surface area contributed by atoms with E-state index in [1.807, 2.05) is 0 Å². The fraction of sp³-hybridized carbons (Fsp3) is 0.0169. The van der Waals surface area contributed by atoms with Gasteiger partial charge in [0.15, 0.2) is 0 Å². The highest BCUT2D eigenvalue weighted by Gasteiger charge is 2.47. The van der Waals surface area contributed by atoms with Gasteiger partial charge in [0.05, 0.1) is 16.8 Å². The third-order valence-electron chi connectivity index (χ3n) is 12.9.